The topological polar surface area (TPSA) is 139 Å². The highest BCUT2D eigenvalue weighted by Crippen LogP contribution is 2.36. The molecule has 0 amide bonds. The summed E-state index contributed by atoms with van der Waals surface area (Å²) in [6, 6.07) is 9.99. The van der Waals surface area contributed by atoms with Crippen molar-refractivity contribution >= 4 is 44.9 Å². The lowest BCUT2D eigenvalue weighted by molar-refractivity contribution is 0.512. The van der Waals surface area contributed by atoms with Crippen molar-refractivity contribution in [3.63, 3.8) is 0 Å². The van der Waals surface area contributed by atoms with Gasteiger partial charge in [-0.05, 0) is 57.2 Å². The van der Waals surface area contributed by atoms with Gasteiger partial charge in [0.2, 0.25) is 0 Å². The molecule has 0 aliphatic heterocycles. The van der Waals surface area contributed by atoms with Crippen LogP contribution in [0.15, 0.2) is 47.1 Å². The van der Waals surface area contributed by atoms with Crippen LogP contribution in [0, 0.1) is 5.82 Å². The van der Waals surface area contributed by atoms with Gasteiger partial charge >= 0.3 is 0 Å². The van der Waals surface area contributed by atoms with Crippen molar-refractivity contribution in [3.05, 3.63) is 54.2 Å². The quantitative estimate of drug-likeness (QED) is 0.384. The van der Waals surface area contributed by atoms with E-state index in [1.54, 1.807) is 16.8 Å². The first-order valence-electron chi connectivity index (χ1n) is 11.1. The number of aromatic nitrogens is 7. The van der Waals surface area contributed by atoms with Gasteiger partial charge in [-0.1, -0.05) is 0 Å². The molecule has 4 N–H and O–H groups in total. The average Bonchev–Trinajstić information content (AvgIpc) is 3.50. The first-order chi connectivity index (χ1) is 16.8. The second-order valence-electron chi connectivity index (χ2n) is 8.75. The smallest absolute Gasteiger partial charge is 0.292 e. The Bertz CT molecular complexity index is 1750. The molecule has 6 rings (SSSR count). The van der Waals surface area contributed by atoms with Crippen LogP contribution in [0.1, 0.15) is 38.5 Å². The molecule has 0 aliphatic rings. The fraction of sp³-hybridized carbons (Fsp3) is 0.208. The summed E-state index contributed by atoms with van der Waals surface area (Å²) in [4.78, 5) is 12.9. The molecule has 11 heteroatoms. The fourth-order valence-corrected chi connectivity index (χ4v) is 4.51. The third-order valence-electron chi connectivity index (χ3n) is 6.15. The van der Waals surface area contributed by atoms with Crippen molar-refractivity contribution < 1.29 is 8.81 Å². The van der Waals surface area contributed by atoms with Crippen molar-refractivity contribution in [1.29, 1.82) is 0 Å². The third kappa shape index (κ3) is 3.19. The summed E-state index contributed by atoms with van der Waals surface area (Å²) in [5, 5.41) is 11.2. The van der Waals surface area contributed by atoms with Crippen LogP contribution in [-0.4, -0.2) is 34.5 Å². The van der Waals surface area contributed by atoms with Crippen molar-refractivity contribution in [2.45, 2.75) is 32.9 Å². The molecule has 4 aromatic heterocycles. The number of hydrogen-bond donors (Lipinski definition) is 2. The van der Waals surface area contributed by atoms with E-state index in [0.717, 1.165) is 22.2 Å². The molecule has 4 heterocycles. The number of halogens is 1. The number of fused-ring (bicyclic) bond motifs is 3. The summed E-state index contributed by atoms with van der Waals surface area (Å²) in [6.07, 6.45) is 1.41. The number of hydrogen-bond acceptors (Lipinski definition) is 8. The van der Waals surface area contributed by atoms with E-state index < -0.39 is 0 Å². The van der Waals surface area contributed by atoms with E-state index in [1.807, 2.05) is 37.6 Å². The molecule has 0 fully saturated rings. The molecule has 6 aromatic rings. The van der Waals surface area contributed by atoms with Crippen LogP contribution < -0.4 is 11.5 Å². The van der Waals surface area contributed by atoms with Crippen molar-refractivity contribution in [2.75, 3.05) is 11.5 Å². The molecular formula is C24H22FN9O. The number of anilines is 2. The Morgan fingerprint density at radius 3 is 2.60 bits per heavy atom. The van der Waals surface area contributed by atoms with Crippen LogP contribution in [0.25, 0.3) is 44.3 Å². The van der Waals surface area contributed by atoms with E-state index in [0.29, 0.717) is 33.6 Å². The summed E-state index contributed by atoms with van der Waals surface area (Å²) >= 11 is 0. The molecule has 2 aromatic carbocycles. The van der Waals surface area contributed by atoms with E-state index >= 15 is 0 Å². The molecule has 0 spiro atoms. The molecule has 176 valence electrons. The molecule has 0 saturated carbocycles. The number of rotatable bonds is 4. The van der Waals surface area contributed by atoms with Gasteiger partial charge in [-0.15, -0.1) is 0 Å². The van der Waals surface area contributed by atoms with Gasteiger partial charge in [-0.2, -0.15) is 15.2 Å². The van der Waals surface area contributed by atoms with E-state index in [2.05, 4.69) is 15.0 Å². The van der Waals surface area contributed by atoms with Crippen LogP contribution in [-0.2, 0) is 0 Å². The van der Waals surface area contributed by atoms with Gasteiger partial charge in [-0.25, -0.2) is 19.0 Å². The summed E-state index contributed by atoms with van der Waals surface area (Å²) in [7, 11) is 0. The van der Waals surface area contributed by atoms with E-state index in [-0.39, 0.29) is 23.9 Å². The fourth-order valence-electron chi connectivity index (χ4n) is 4.51. The summed E-state index contributed by atoms with van der Waals surface area (Å²) in [5.74, 6) is -0.00224. The Morgan fingerprint density at radius 1 is 0.971 bits per heavy atom. The molecule has 1 unspecified atom stereocenters. The molecule has 0 saturated heterocycles. The lowest BCUT2D eigenvalue weighted by Gasteiger charge is -2.11. The second-order valence-corrected chi connectivity index (χ2v) is 8.75. The predicted molar refractivity (Wildman–Crippen MR) is 131 cm³/mol. The van der Waals surface area contributed by atoms with Gasteiger partial charge in [0, 0.05) is 17.0 Å². The summed E-state index contributed by atoms with van der Waals surface area (Å²) in [5.41, 5.74) is 16.6. The maximum Gasteiger partial charge on any atom is 0.292 e. The molecule has 1 atom stereocenters. The van der Waals surface area contributed by atoms with E-state index in [9.17, 15) is 4.39 Å². The van der Waals surface area contributed by atoms with Gasteiger partial charge in [0.1, 0.15) is 29.2 Å². The minimum absolute atomic E-state index is 0.0461. The van der Waals surface area contributed by atoms with Crippen LogP contribution in [0.4, 0.5) is 16.2 Å². The lowest BCUT2D eigenvalue weighted by Crippen LogP contribution is -2.12. The molecule has 0 bridgehead atoms. The summed E-state index contributed by atoms with van der Waals surface area (Å²) in [6.45, 7) is 5.99. The van der Waals surface area contributed by atoms with Crippen molar-refractivity contribution in [1.82, 2.24) is 34.5 Å². The monoisotopic (exact) mass is 471 g/mol. The van der Waals surface area contributed by atoms with Gasteiger partial charge in [0.05, 0.1) is 22.6 Å². The Morgan fingerprint density at radius 2 is 1.80 bits per heavy atom. The van der Waals surface area contributed by atoms with Gasteiger partial charge in [0.25, 0.3) is 6.01 Å². The first kappa shape index (κ1) is 21.0. The predicted octanol–water partition coefficient (Wildman–Crippen LogP) is 4.48. The number of benzene rings is 2. The zero-order valence-electron chi connectivity index (χ0n) is 19.3. The van der Waals surface area contributed by atoms with Crippen LogP contribution in [0.2, 0.25) is 0 Å². The maximum absolute atomic E-state index is 14.1. The molecule has 0 radical (unpaired) electrons. The third-order valence-corrected chi connectivity index (χ3v) is 6.15. The number of nitrogens with zero attached hydrogens (tertiary/aromatic N) is 7. The van der Waals surface area contributed by atoms with Crippen LogP contribution >= 0.6 is 0 Å². The SMILES string of the molecule is CC(C)n1nc(C(C)n2nc(-c3ccc4oc(N)nc4c3)c3c(N)ncnc32)c2ccc(F)cc21. The first-order valence-corrected chi connectivity index (χ1v) is 11.1. The number of nitrogen functional groups attached to an aromatic ring is 2. The minimum Gasteiger partial charge on any atom is -0.424 e. The highest BCUT2D eigenvalue weighted by Gasteiger charge is 2.25. The molecule has 0 aliphatic carbocycles. The van der Waals surface area contributed by atoms with Crippen LogP contribution in [0.5, 0.6) is 0 Å². The maximum atomic E-state index is 14.1. The number of nitrogens with two attached hydrogens (primary N) is 2. The molecule has 35 heavy (non-hydrogen) atoms. The van der Waals surface area contributed by atoms with E-state index in [4.69, 9.17) is 26.1 Å². The van der Waals surface area contributed by atoms with Gasteiger partial charge in [0.15, 0.2) is 11.2 Å². The van der Waals surface area contributed by atoms with Crippen molar-refractivity contribution in [2.24, 2.45) is 0 Å². The molecule has 10 nitrogen and oxygen atoms in total. The number of oxazole rings is 1. The summed E-state index contributed by atoms with van der Waals surface area (Å²) < 4.78 is 23.1. The highest BCUT2D eigenvalue weighted by atomic mass is 19.1. The Kier molecular flexibility index (Phi) is 4.50. The molecular weight excluding hydrogens is 449 g/mol. The Hall–Kier alpha value is -4.54. The largest absolute Gasteiger partial charge is 0.424 e. The lowest BCUT2D eigenvalue weighted by atomic mass is 10.1. The Labute approximate surface area is 198 Å². The second kappa shape index (κ2) is 7.49. The normalized spacial score (nSPS) is 12.9. The van der Waals surface area contributed by atoms with Crippen LogP contribution in [0.3, 0.4) is 0 Å². The Balaban J connectivity index is 1.57. The minimum atomic E-state index is -0.333. The standard InChI is InChI=1S/C24H22FN9O/c1-11(2)33-17-9-14(25)5-6-15(17)20(31-33)12(3)34-23-19(22(26)28-10-29-23)21(32-34)13-4-7-18-16(8-13)30-24(27)35-18/h4-12H,1-3H3,(H2,27,30)(H2,26,28,29). The van der Waals surface area contributed by atoms with Crippen molar-refractivity contribution in [3.8, 4) is 11.3 Å². The van der Waals surface area contributed by atoms with Gasteiger partial charge in [-0.3, -0.25) is 4.68 Å². The van der Waals surface area contributed by atoms with Gasteiger partial charge < -0.3 is 15.9 Å². The average molecular weight is 472 g/mol. The highest BCUT2D eigenvalue weighted by molar-refractivity contribution is 5.99. The van der Waals surface area contributed by atoms with E-state index in [1.165, 1.54) is 18.5 Å². The zero-order chi connectivity index (χ0) is 24.4. The zero-order valence-corrected chi connectivity index (χ0v) is 19.3.